The number of aromatic nitrogens is 1. The summed E-state index contributed by atoms with van der Waals surface area (Å²) >= 11 is 0. The van der Waals surface area contributed by atoms with Gasteiger partial charge in [0.2, 0.25) is 10.0 Å². The Balaban J connectivity index is 2.15. The lowest BCUT2D eigenvalue weighted by Crippen LogP contribution is -2.44. The average molecular weight is 283 g/mol. The second-order valence-corrected chi connectivity index (χ2v) is 7.43. The molecule has 0 spiro atoms. The van der Waals surface area contributed by atoms with E-state index in [1.165, 1.54) is 31.0 Å². The number of hydrogen-bond acceptors (Lipinski definition) is 4. The van der Waals surface area contributed by atoms with Crippen LogP contribution in [0.15, 0.2) is 23.2 Å². The molecule has 1 aliphatic rings. The van der Waals surface area contributed by atoms with Crippen LogP contribution < -0.4 is 5.32 Å². The van der Waals surface area contributed by atoms with Crippen molar-refractivity contribution < 1.29 is 8.42 Å². The number of nitrogens with one attached hydrogen (secondary N) is 1. The van der Waals surface area contributed by atoms with Crippen LogP contribution in [0.4, 0.5) is 5.82 Å². The van der Waals surface area contributed by atoms with Gasteiger partial charge in [0.05, 0.1) is 0 Å². The minimum atomic E-state index is -3.39. The summed E-state index contributed by atoms with van der Waals surface area (Å²) in [5.74, 6) is 0.749. The van der Waals surface area contributed by atoms with Crippen molar-refractivity contribution in [3.8, 4) is 0 Å². The molecule has 0 radical (unpaired) electrons. The van der Waals surface area contributed by atoms with Gasteiger partial charge in [0.1, 0.15) is 10.7 Å². The van der Waals surface area contributed by atoms with Gasteiger partial charge in [-0.25, -0.2) is 17.7 Å². The zero-order valence-electron chi connectivity index (χ0n) is 11.7. The summed E-state index contributed by atoms with van der Waals surface area (Å²) in [6, 6.07) is 3.35. The summed E-state index contributed by atoms with van der Waals surface area (Å²) in [5, 5.41) is 3.43. The Morgan fingerprint density at radius 3 is 2.42 bits per heavy atom. The molecule has 1 aliphatic carbocycles. The van der Waals surface area contributed by atoms with E-state index in [1.807, 2.05) is 0 Å². The largest absolute Gasteiger partial charge is 0.365 e. The third-order valence-corrected chi connectivity index (χ3v) is 5.69. The van der Waals surface area contributed by atoms with E-state index in [9.17, 15) is 8.42 Å². The lowest BCUT2D eigenvalue weighted by atomic mass is 9.75. The Morgan fingerprint density at radius 1 is 1.37 bits per heavy atom. The first-order chi connectivity index (χ1) is 8.89. The van der Waals surface area contributed by atoms with Gasteiger partial charge in [-0.2, -0.15) is 0 Å². The first-order valence-corrected chi connectivity index (χ1v) is 8.00. The minimum absolute atomic E-state index is 0.162. The van der Waals surface area contributed by atoms with E-state index in [1.54, 1.807) is 12.1 Å². The fraction of sp³-hybridized carbons (Fsp3) is 0.615. The highest BCUT2D eigenvalue weighted by molar-refractivity contribution is 7.89. The maximum Gasteiger partial charge on any atom is 0.244 e. The number of hydrogen-bond donors (Lipinski definition) is 1. The minimum Gasteiger partial charge on any atom is -0.365 e. The van der Waals surface area contributed by atoms with Crippen LogP contribution in [0.2, 0.25) is 0 Å². The summed E-state index contributed by atoms with van der Waals surface area (Å²) in [5.41, 5.74) is 0.162. The molecule has 1 saturated carbocycles. The second-order valence-electron chi connectivity index (χ2n) is 5.28. The SMILES string of the molecule is CCC1(Nc2ccc(S(=O)(=O)N(C)C)cn2)CCC1. The number of rotatable bonds is 5. The molecule has 0 saturated heterocycles. The molecule has 0 atom stereocenters. The summed E-state index contributed by atoms with van der Waals surface area (Å²) < 4.78 is 25.0. The molecular weight excluding hydrogens is 262 g/mol. The normalized spacial score (nSPS) is 18.1. The third-order valence-electron chi connectivity index (χ3n) is 3.90. The highest BCUT2D eigenvalue weighted by Crippen LogP contribution is 2.37. The smallest absolute Gasteiger partial charge is 0.244 e. The van der Waals surface area contributed by atoms with E-state index in [2.05, 4.69) is 17.2 Å². The van der Waals surface area contributed by atoms with Crippen molar-refractivity contribution in [1.82, 2.24) is 9.29 Å². The molecular formula is C13H21N3O2S. The van der Waals surface area contributed by atoms with E-state index in [4.69, 9.17) is 0 Å². The van der Waals surface area contributed by atoms with E-state index in [-0.39, 0.29) is 10.4 Å². The van der Waals surface area contributed by atoms with E-state index < -0.39 is 10.0 Å². The van der Waals surface area contributed by atoms with Gasteiger partial charge in [-0.05, 0) is 37.8 Å². The topological polar surface area (TPSA) is 62.3 Å². The van der Waals surface area contributed by atoms with Crippen molar-refractivity contribution >= 4 is 15.8 Å². The molecule has 1 N–H and O–H groups in total. The Bertz CT molecular complexity index is 528. The second kappa shape index (κ2) is 5.09. The maximum absolute atomic E-state index is 11.9. The van der Waals surface area contributed by atoms with Crippen LogP contribution in [-0.2, 0) is 10.0 Å². The lowest BCUT2D eigenvalue weighted by Gasteiger charge is -2.42. The Morgan fingerprint density at radius 2 is 2.05 bits per heavy atom. The molecule has 0 aromatic carbocycles. The Kier molecular flexibility index (Phi) is 3.82. The summed E-state index contributed by atoms with van der Waals surface area (Å²) in [4.78, 5) is 4.45. The molecule has 6 heteroatoms. The van der Waals surface area contributed by atoms with Gasteiger partial charge in [-0.3, -0.25) is 0 Å². The molecule has 2 rings (SSSR count). The van der Waals surface area contributed by atoms with Gasteiger partial charge < -0.3 is 5.32 Å². The number of sulfonamides is 1. The first-order valence-electron chi connectivity index (χ1n) is 6.56. The van der Waals surface area contributed by atoms with Gasteiger partial charge in [-0.15, -0.1) is 0 Å². The van der Waals surface area contributed by atoms with Crippen LogP contribution in [0.3, 0.4) is 0 Å². The van der Waals surface area contributed by atoms with Gasteiger partial charge in [0, 0.05) is 25.8 Å². The fourth-order valence-corrected chi connectivity index (χ4v) is 3.11. The molecule has 0 aliphatic heterocycles. The fourth-order valence-electron chi connectivity index (χ4n) is 2.26. The zero-order chi connectivity index (χ0) is 14.1. The van der Waals surface area contributed by atoms with Crippen molar-refractivity contribution in [1.29, 1.82) is 0 Å². The Hall–Kier alpha value is -1.14. The molecule has 106 valence electrons. The van der Waals surface area contributed by atoms with Crippen molar-refractivity contribution in [2.24, 2.45) is 0 Å². The van der Waals surface area contributed by atoms with Crippen molar-refractivity contribution in [2.45, 2.75) is 43.0 Å². The number of anilines is 1. The van der Waals surface area contributed by atoms with Crippen LogP contribution in [0.5, 0.6) is 0 Å². The third kappa shape index (κ3) is 2.74. The number of nitrogens with zero attached hydrogens (tertiary/aromatic N) is 2. The van der Waals surface area contributed by atoms with Crippen LogP contribution >= 0.6 is 0 Å². The van der Waals surface area contributed by atoms with Crippen LogP contribution in [0, 0.1) is 0 Å². The van der Waals surface area contributed by atoms with Gasteiger partial charge >= 0.3 is 0 Å². The molecule has 0 unspecified atom stereocenters. The predicted octanol–water partition coefficient (Wildman–Crippen LogP) is 2.08. The summed E-state index contributed by atoms with van der Waals surface area (Å²) in [6.45, 7) is 2.16. The van der Waals surface area contributed by atoms with Crippen LogP contribution in [-0.4, -0.2) is 37.3 Å². The summed E-state index contributed by atoms with van der Waals surface area (Å²) in [6.07, 6.45) is 6.03. The van der Waals surface area contributed by atoms with E-state index in [0.717, 1.165) is 25.1 Å². The van der Waals surface area contributed by atoms with E-state index in [0.29, 0.717) is 0 Å². The molecule has 5 nitrogen and oxygen atoms in total. The van der Waals surface area contributed by atoms with Gasteiger partial charge in [-0.1, -0.05) is 6.92 Å². The van der Waals surface area contributed by atoms with Gasteiger partial charge in [0.25, 0.3) is 0 Å². The molecule has 0 amide bonds. The molecule has 1 aromatic rings. The average Bonchev–Trinajstić information content (AvgIpc) is 2.34. The predicted molar refractivity (Wildman–Crippen MR) is 75.6 cm³/mol. The molecule has 1 heterocycles. The molecule has 1 aromatic heterocycles. The maximum atomic E-state index is 11.9. The summed E-state index contributed by atoms with van der Waals surface area (Å²) in [7, 11) is -0.360. The lowest BCUT2D eigenvalue weighted by molar-refractivity contribution is 0.269. The van der Waals surface area contributed by atoms with Crippen molar-refractivity contribution in [3.05, 3.63) is 18.3 Å². The van der Waals surface area contributed by atoms with E-state index >= 15 is 0 Å². The monoisotopic (exact) mass is 283 g/mol. The number of pyridine rings is 1. The van der Waals surface area contributed by atoms with Crippen LogP contribution in [0.25, 0.3) is 0 Å². The Labute approximate surface area is 115 Å². The zero-order valence-corrected chi connectivity index (χ0v) is 12.5. The molecule has 1 fully saturated rings. The molecule has 0 bridgehead atoms. The quantitative estimate of drug-likeness (QED) is 0.898. The standard InChI is InChI=1S/C13H21N3O2S/c1-4-13(8-5-9-13)15-12-7-6-11(10-14-12)19(17,18)16(2)3/h6-7,10H,4-5,8-9H2,1-3H3,(H,14,15). The first kappa shape index (κ1) is 14.3. The highest BCUT2D eigenvalue weighted by atomic mass is 32.2. The van der Waals surface area contributed by atoms with Gasteiger partial charge in [0.15, 0.2) is 0 Å². The van der Waals surface area contributed by atoms with Crippen molar-refractivity contribution in [2.75, 3.05) is 19.4 Å². The van der Waals surface area contributed by atoms with Crippen molar-refractivity contribution in [3.63, 3.8) is 0 Å². The molecule has 19 heavy (non-hydrogen) atoms. The van der Waals surface area contributed by atoms with Crippen LogP contribution in [0.1, 0.15) is 32.6 Å². The highest BCUT2D eigenvalue weighted by Gasteiger charge is 2.35.